The number of fused-ring (bicyclic) bond motifs is 3. The SMILES string of the molecule is O=C(c1ccnc2ccccc12)N1C[C@@H]2CNC[C@@H](C2)C1. The van der Waals surface area contributed by atoms with E-state index in [0.717, 1.165) is 42.6 Å². The van der Waals surface area contributed by atoms with Crippen molar-refractivity contribution in [3.8, 4) is 0 Å². The first-order valence-corrected chi connectivity index (χ1v) is 7.65. The molecule has 2 bridgehead atoms. The van der Waals surface area contributed by atoms with Gasteiger partial charge >= 0.3 is 0 Å². The van der Waals surface area contributed by atoms with Crippen molar-refractivity contribution >= 4 is 16.8 Å². The molecule has 1 aromatic heterocycles. The fourth-order valence-corrected chi connectivity index (χ4v) is 3.72. The van der Waals surface area contributed by atoms with Crippen LogP contribution < -0.4 is 5.32 Å². The zero-order valence-corrected chi connectivity index (χ0v) is 12.0. The molecule has 1 aromatic carbocycles. The molecule has 4 rings (SSSR count). The van der Waals surface area contributed by atoms with Crippen LogP contribution in [0.1, 0.15) is 16.8 Å². The van der Waals surface area contributed by atoms with E-state index < -0.39 is 0 Å². The number of rotatable bonds is 1. The molecule has 0 radical (unpaired) electrons. The predicted molar refractivity (Wildman–Crippen MR) is 82.1 cm³/mol. The van der Waals surface area contributed by atoms with Gasteiger partial charge in [-0.15, -0.1) is 0 Å². The van der Waals surface area contributed by atoms with Crippen molar-refractivity contribution in [1.82, 2.24) is 15.2 Å². The second-order valence-corrected chi connectivity index (χ2v) is 6.21. The van der Waals surface area contributed by atoms with Crippen LogP contribution >= 0.6 is 0 Å². The molecular weight excluding hydrogens is 262 g/mol. The van der Waals surface area contributed by atoms with E-state index in [-0.39, 0.29) is 5.91 Å². The molecule has 4 nitrogen and oxygen atoms in total. The van der Waals surface area contributed by atoms with Crippen molar-refractivity contribution in [2.45, 2.75) is 6.42 Å². The van der Waals surface area contributed by atoms with Gasteiger partial charge in [-0.1, -0.05) is 18.2 Å². The maximum Gasteiger partial charge on any atom is 0.254 e. The Hall–Kier alpha value is -1.94. The summed E-state index contributed by atoms with van der Waals surface area (Å²) >= 11 is 0. The van der Waals surface area contributed by atoms with Gasteiger partial charge in [0.15, 0.2) is 0 Å². The number of hydrogen-bond donors (Lipinski definition) is 1. The average Bonchev–Trinajstić information content (AvgIpc) is 2.53. The van der Waals surface area contributed by atoms with Crippen LogP contribution in [-0.2, 0) is 0 Å². The third-order valence-corrected chi connectivity index (χ3v) is 4.66. The van der Waals surface area contributed by atoms with Gasteiger partial charge in [0.2, 0.25) is 0 Å². The van der Waals surface area contributed by atoms with Crippen molar-refractivity contribution in [3.63, 3.8) is 0 Å². The first kappa shape index (κ1) is 12.8. The molecule has 2 atom stereocenters. The largest absolute Gasteiger partial charge is 0.338 e. The summed E-state index contributed by atoms with van der Waals surface area (Å²) in [5.74, 6) is 1.37. The number of benzene rings is 1. The standard InChI is InChI=1S/C17H19N3O/c21-17(20-10-12-7-13(11-20)9-18-8-12)15-5-6-19-16-4-2-1-3-14(15)16/h1-6,12-13,18H,7-11H2/t12-,13+. The topological polar surface area (TPSA) is 45.2 Å². The fourth-order valence-electron chi connectivity index (χ4n) is 3.72. The molecule has 108 valence electrons. The van der Waals surface area contributed by atoms with E-state index in [9.17, 15) is 4.79 Å². The Morgan fingerprint density at radius 3 is 2.71 bits per heavy atom. The number of nitrogens with one attached hydrogen (secondary N) is 1. The molecule has 2 fully saturated rings. The van der Waals surface area contributed by atoms with E-state index in [1.54, 1.807) is 6.20 Å². The summed E-state index contributed by atoms with van der Waals surface area (Å²) < 4.78 is 0. The van der Waals surface area contributed by atoms with Gasteiger partial charge in [-0.05, 0) is 43.5 Å². The maximum atomic E-state index is 12.9. The summed E-state index contributed by atoms with van der Waals surface area (Å²) in [6.07, 6.45) is 3.00. The number of carbonyl (C=O) groups is 1. The number of pyridine rings is 1. The van der Waals surface area contributed by atoms with E-state index in [1.165, 1.54) is 6.42 Å². The second kappa shape index (κ2) is 5.11. The van der Waals surface area contributed by atoms with Gasteiger partial charge in [0.05, 0.1) is 11.1 Å². The zero-order valence-electron chi connectivity index (χ0n) is 12.0. The van der Waals surface area contributed by atoms with Gasteiger partial charge in [-0.2, -0.15) is 0 Å². The Kier molecular flexibility index (Phi) is 3.11. The number of para-hydroxylation sites is 1. The number of amides is 1. The third-order valence-electron chi connectivity index (χ3n) is 4.66. The van der Waals surface area contributed by atoms with E-state index in [1.807, 2.05) is 35.2 Å². The average molecular weight is 281 g/mol. The Balaban J connectivity index is 1.67. The van der Waals surface area contributed by atoms with Crippen molar-refractivity contribution in [2.75, 3.05) is 26.2 Å². The van der Waals surface area contributed by atoms with Crippen LogP contribution in [0.2, 0.25) is 0 Å². The van der Waals surface area contributed by atoms with E-state index in [4.69, 9.17) is 0 Å². The Bertz CT molecular complexity index is 667. The minimum atomic E-state index is 0.158. The summed E-state index contributed by atoms with van der Waals surface area (Å²) in [6, 6.07) is 9.73. The number of likely N-dealkylation sites (tertiary alicyclic amines) is 1. The van der Waals surface area contributed by atoms with Gasteiger partial charge in [0.25, 0.3) is 5.91 Å². The highest BCUT2D eigenvalue weighted by Gasteiger charge is 2.33. The molecule has 0 unspecified atom stereocenters. The quantitative estimate of drug-likeness (QED) is 0.868. The van der Waals surface area contributed by atoms with Gasteiger partial charge in [0, 0.05) is 24.7 Å². The van der Waals surface area contributed by atoms with Crippen molar-refractivity contribution in [1.29, 1.82) is 0 Å². The summed E-state index contributed by atoms with van der Waals surface area (Å²) in [7, 11) is 0. The number of nitrogens with zero attached hydrogens (tertiary/aromatic N) is 2. The molecule has 2 saturated heterocycles. The van der Waals surface area contributed by atoms with Gasteiger partial charge in [-0.25, -0.2) is 0 Å². The second-order valence-electron chi connectivity index (χ2n) is 6.21. The molecule has 2 aliphatic heterocycles. The van der Waals surface area contributed by atoms with Crippen LogP contribution in [0.25, 0.3) is 10.9 Å². The van der Waals surface area contributed by atoms with E-state index >= 15 is 0 Å². The van der Waals surface area contributed by atoms with E-state index in [2.05, 4.69) is 10.3 Å². The Labute approximate surface area is 124 Å². The molecule has 2 aliphatic rings. The minimum Gasteiger partial charge on any atom is -0.338 e. The number of aromatic nitrogens is 1. The van der Waals surface area contributed by atoms with Crippen LogP contribution in [0, 0.1) is 11.8 Å². The molecule has 0 aliphatic carbocycles. The van der Waals surface area contributed by atoms with E-state index in [0.29, 0.717) is 11.8 Å². The molecule has 0 saturated carbocycles. The fraction of sp³-hybridized carbons (Fsp3) is 0.412. The smallest absolute Gasteiger partial charge is 0.254 e. The van der Waals surface area contributed by atoms with Gasteiger partial charge < -0.3 is 10.2 Å². The lowest BCUT2D eigenvalue weighted by atomic mass is 9.85. The molecular formula is C17H19N3O. The van der Waals surface area contributed by atoms with Gasteiger partial charge in [-0.3, -0.25) is 9.78 Å². The summed E-state index contributed by atoms with van der Waals surface area (Å²) in [4.78, 5) is 19.3. The Morgan fingerprint density at radius 1 is 1.14 bits per heavy atom. The molecule has 1 N–H and O–H groups in total. The first-order chi connectivity index (χ1) is 10.3. The molecule has 4 heteroatoms. The lowest BCUT2D eigenvalue weighted by molar-refractivity contribution is 0.0539. The minimum absolute atomic E-state index is 0.158. The summed E-state index contributed by atoms with van der Waals surface area (Å²) in [5, 5.41) is 4.42. The molecule has 2 aromatic rings. The third kappa shape index (κ3) is 2.29. The normalized spacial score (nSPS) is 25.0. The monoisotopic (exact) mass is 281 g/mol. The van der Waals surface area contributed by atoms with Crippen molar-refractivity contribution in [3.05, 3.63) is 42.1 Å². The van der Waals surface area contributed by atoms with Crippen LogP contribution in [0.3, 0.4) is 0 Å². The molecule has 3 heterocycles. The highest BCUT2D eigenvalue weighted by Crippen LogP contribution is 2.27. The molecule has 21 heavy (non-hydrogen) atoms. The zero-order chi connectivity index (χ0) is 14.2. The van der Waals surface area contributed by atoms with Crippen molar-refractivity contribution in [2.24, 2.45) is 11.8 Å². The predicted octanol–water partition coefficient (Wildman–Crippen LogP) is 1.92. The highest BCUT2D eigenvalue weighted by atomic mass is 16.2. The highest BCUT2D eigenvalue weighted by molar-refractivity contribution is 6.06. The molecule has 0 spiro atoms. The molecule has 1 amide bonds. The van der Waals surface area contributed by atoms with Crippen LogP contribution in [0.5, 0.6) is 0 Å². The maximum absolute atomic E-state index is 12.9. The number of hydrogen-bond acceptors (Lipinski definition) is 3. The Morgan fingerprint density at radius 2 is 1.90 bits per heavy atom. The first-order valence-electron chi connectivity index (χ1n) is 7.65. The summed E-state index contributed by atoms with van der Waals surface area (Å²) in [6.45, 7) is 3.83. The van der Waals surface area contributed by atoms with Crippen LogP contribution in [-0.4, -0.2) is 42.0 Å². The van der Waals surface area contributed by atoms with Crippen molar-refractivity contribution < 1.29 is 4.79 Å². The van der Waals surface area contributed by atoms with Crippen LogP contribution in [0.4, 0.5) is 0 Å². The van der Waals surface area contributed by atoms with Crippen LogP contribution in [0.15, 0.2) is 36.5 Å². The van der Waals surface area contributed by atoms with Gasteiger partial charge in [0.1, 0.15) is 0 Å². The number of carbonyl (C=O) groups excluding carboxylic acids is 1. The summed E-state index contributed by atoms with van der Waals surface area (Å²) in [5.41, 5.74) is 1.68. The lowest BCUT2D eigenvalue weighted by Crippen LogP contribution is -2.52. The lowest BCUT2D eigenvalue weighted by Gasteiger charge is -2.41. The number of piperidine rings is 2.